The molecule has 12 fully saturated rings. The summed E-state index contributed by atoms with van der Waals surface area (Å²) in [5.74, 6) is 2.45. The number of ether oxygens (including phenoxy) is 6. The highest BCUT2D eigenvalue weighted by molar-refractivity contribution is 5.31. The van der Waals surface area contributed by atoms with E-state index in [9.17, 15) is 0 Å². The van der Waals surface area contributed by atoms with Crippen molar-refractivity contribution in [3.63, 3.8) is 0 Å². The summed E-state index contributed by atoms with van der Waals surface area (Å²) in [5.41, 5.74) is 2.63. The highest BCUT2D eigenvalue weighted by Crippen LogP contribution is 2.84. The van der Waals surface area contributed by atoms with E-state index in [2.05, 4.69) is 69.2 Å². The van der Waals surface area contributed by atoms with Crippen molar-refractivity contribution in [2.75, 3.05) is 26.4 Å². The monoisotopic (exact) mass is 749 g/mol. The fourth-order valence-corrected chi connectivity index (χ4v) is 19.3. The maximum absolute atomic E-state index is 6.68. The molecule has 12 aliphatic rings. The summed E-state index contributed by atoms with van der Waals surface area (Å²) in [6, 6.07) is 0. The Labute approximate surface area is 328 Å². The molecule has 0 unspecified atom stereocenters. The van der Waals surface area contributed by atoms with Gasteiger partial charge in [0.15, 0.2) is 11.6 Å². The predicted molar refractivity (Wildman–Crippen MR) is 209 cm³/mol. The Hall–Kier alpha value is -0.240. The summed E-state index contributed by atoms with van der Waals surface area (Å²) in [4.78, 5) is 0. The van der Waals surface area contributed by atoms with Crippen molar-refractivity contribution in [2.45, 2.75) is 207 Å². The highest BCUT2D eigenvalue weighted by Gasteiger charge is 2.84. The predicted octanol–water partition coefficient (Wildman–Crippen LogP) is 10.6. The molecule has 0 aromatic rings. The normalized spacial score (nSPS) is 63.2. The summed E-state index contributed by atoms with van der Waals surface area (Å²) in [7, 11) is 0. The molecule has 4 heterocycles. The number of epoxide rings is 2. The lowest BCUT2D eigenvalue weighted by atomic mass is 9.35. The number of hydrogen-bond acceptors (Lipinski definition) is 6. The van der Waals surface area contributed by atoms with Crippen LogP contribution in [0.15, 0.2) is 0 Å². The molecule has 12 rings (SSSR count). The van der Waals surface area contributed by atoms with Crippen LogP contribution in [0.5, 0.6) is 0 Å². The average Bonchev–Trinajstić information content (AvgIpc) is 3.69. The SMILES string of the molecule is C[C@H]1CC[C@]2(C)[C@@]3(C)CC[C@]4(C)C5(CC[C@@]4(C)[C@@H]3C[C@@H]3O[C@@]32C1)OCCO5.C[C@H]1CC[C@]2(C)[C@@]3(C)CC[C@]4(C)C5(CC[C@@]4(C)[C@@H]3C[C@H]3O[C@]32C1)OCCO5. The van der Waals surface area contributed by atoms with Crippen molar-refractivity contribution in [2.24, 2.45) is 67.0 Å². The van der Waals surface area contributed by atoms with E-state index in [0.29, 0.717) is 33.9 Å². The van der Waals surface area contributed by atoms with Crippen LogP contribution in [0.2, 0.25) is 0 Å². The van der Waals surface area contributed by atoms with Gasteiger partial charge in [0, 0.05) is 34.5 Å². The van der Waals surface area contributed by atoms with E-state index < -0.39 is 0 Å². The minimum atomic E-state index is -0.315. The van der Waals surface area contributed by atoms with Gasteiger partial charge in [-0.05, 0) is 135 Å². The maximum Gasteiger partial charge on any atom is 0.174 e. The molecule has 0 N–H and O–H groups in total. The van der Waals surface area contributed by atoms with E-state index in [0.717, 1.165) is 62.9 Å². The number of fused-ring (bicyclic) bond motifs is 10. The Morgan fingerprint density at radius 3 is 1.09 bits per heavy atom. The third kappa shape index (κ3) is 3.70. The van der Waals surface area contributed by atoms with Gasteiger partial charge >= 0.3 is 0 Å². The van der Waals surface area contributed by atoms with Crippen molar-refractivity contribution in [3.05, 3.63) is 0 Å². The zero-order valence-electron chi connectivity index (χ0n) is 36.1. The van der Waals surface area contributed by atoms with Gasteiger partial charge in [0.05, 0.1) is 38.6 Å². The molecule has 0 aromatic heterocycles. The van der Waals surface area contributed by atoms with Crippen molar-refractivity contribution < 1.29 is 28.4 Å². The number of hydrogen-bond donors (Lipinski definition) is 0. The van der Waals surface area contributed by atoms with Gasteiger partial charge < -0.3 is 28.4 Å². The first-order chi connectivity index (χ1) is 25.3. The van der Waals surface area contributed by atoms with Gasteiger partial charge in [0.2, 0.25) is 0 Å². The van der Waals surface area contributed by atoms with Crippen molar-refractivity contribution in [3.8, 4) is 0 Å². The average molecular weight is 749 g/mol. The second-order valence-electron chi connectivity index (χ2n) is 24.2. The lowest BCUT2D eigenvalue weighted by Gasteiger charge is -2.69. The lowest BCUT2D eigenvalue weighted by molar-refractivity contribution is -0.280. The largest absolute Gasteiger partial charge is 0.365 e. The highest BCUT2D eigenvalue weighted by atomic mass is 16.7. The third-order valence-corrected chi connectivity index (χ3v) is 23.5. The molecular weight excluding hydrogens is 673 g/mol. The van der Waals surface area contributed by atoms with Crippen LogP contribution in [0.25, 0.3) is 0 Å². The van der Waals surface area contributed by atoms with Crippen LogP contribution in [0.1, 0.15) is 172 Å². The van der Waals surface area contributed by atoms with Gasteiger partial charge in [0.1, 0.15) is 11.2 Å². The smallest absolute Gasteiger partial charge is 0.174 e. The maximum atomic E-state index is 6.68. The Balaban J connectivity index is 0.000000126. The quantitative estimate of drug-likeness (QED) is 0.230. The van der Waals surface area contributed by atoms with Crippen LogP contribution in [0.4, 0.5) is 0 Å². The van der Waals surface area contributed by atoms with Gasteiger partial charge in [0.25, 0.3) is 0 Å². The zero-order valence-corrected chi connectivity index (χ0v) is 36.1. The molecular formula is C48H76O6. The Bertz CT molecular complexity index is 1490. The standard InChI is InChI=1S/2C24H38O3/c2*1-16-6-7-21(4)19(2)8-10-22(5)20(3,9-11-24(22)25-12-13-26-24)17(19)14-18-23(21,15-16)27-18/h2*16-18H,6-15H2,1-5H3/t16-,17+,18+,19-,20-,21+,22-,23+;16-,17+,18-,19-,20-,21+,22-,23-/m00/s1. The minimum absolute atomic E-state index is 0.133. The molecule has 6 nitrogen and oxygen atoms in total. The van der Waals surface area contributed by atoms with Crippen LogP contribution in [0.3, 0.4) is 0 Å². The molecule has 4 saturated heterocycles. The van der Waals surface area contributed by atoms with E-state index in [-0.39, 0.29) is 44.4 Å². The van der Waals surface area contributed by atoms with E-state index in [1.807, 2.05) is 0 Å². The molecule has 6 heteroatoms. The second kappa shape index (κ2) is 10.5. The Kier molecular flexibility index (Phi) is 7.19. The molecule has 0 bridgehead atoms. The molecule has 0 radical (unpaired) electrons. The van der Waals surface area contributed by atoms with Crippen LogP contribution in [0, 0.1) is 67.0 Å². The van der Waals surface area contributed by atoms with Crippen LogP contribution in [-0.2, 0) is 28.4 Å². The molecule has 54 heavy (non-hydrogen) atoms. The van der Waals surface area contributed by atoms with Crippen LogP contribution in [-0.4, -0.2) is 61.4 Å². The molecule has 4 spiro atoms. The minimum Gasteiger partial charge on any atom is -0.365 e. The van der Waals surface area contributed by atoms with Crippen LogP contribution >= 0.6 is 0 Å². The molecule has 8 aliphatic carbocycles. The van der Waals surface area contributed by atoms with Crippen molar-refractivity contribution >= 4 is 0 Å². The molecule has 0 aromatic carbocycles. The summed E-state index contributed by atoms with van der Waals surface area (Å²) < 4.78 is 38.9. The zero-order chi connectivity index (χ0) is 37.8. The van der Waals surface area contributed by atoms with Gasteiger partial charge in [-0.1, -0.05) is 69.2 Å². The van der Waals surface area contributed by atoms with Crippen LogP contribution < -0.4 is 0 Å². The molecule has 304 valence electrons. The fourth-order valence-electron chi connectivity index (χ4n) is 19.3. The van der Waals surface area contributed by atoms with E-state index >= 15 is 0 Å². The first-order valence-corrected chi connectivity index (χ1v) is 23.2. The van der Waals surface area contributed by atoms with Crippen molar-refractivity contribution in [1.82, 2.24) is 0 Å². The molecule has 0 amide bonds. The summed E-state index contributed by atoms with van der Waals surface area (Å²) >= 11 is 0. The topological polar surface area (TPSA) is 62.0 Å². The van der Waals surface area contributed by atoms with E-state index in [4.69, 9.17) is 28.4 Å². The van der Waals surface area contributed by atoms with E-state index in [1.54, 1.807) is 0 Å². The van der Waals surface area contributed by atoms with Gasteiger partial charge in [-0.25, -0.2) is 0 Å². The Morgan fingerprint density at radius 1 is 0.389 bits per heavy atom. The molecule has 4 aliphatic heterocycles. The van der Waals surface area contributed by atoms with Gasteiger partial charge in [-0.15, -0.1) is 0 Å². The summed E-state index contributed by atoms with van der Waals surface area (Å²) in [6.45, 7) is 28.7. The summed E-state index contributed by atoms with van der Waals surface area (Å²) in [5, 5.41) is 0. The van der Waals surface area contributed by atoms with Gasteiger partial charge in [-0.3, -0.25) is 0 Å². The second-order valence-corrected chi connectivity index (χ2v) is 24.2. The molecule has 16 atom stereocenters. The Morgan fingerprint density at radius 2 is 0.722 bits per heavy atom. The fraction of sp³-hybridized carbons (Fsp3) is 1.00. The summed E-state index contributed by atoms with van der Waals surface area (Å²) in [6.07, 6.45) is 21.3. The molecule has 8 saturated carbocycles. The van der Waals surface area contributed by atoms with Gasteiger partial charge in [-0.2, -0.15) is 0 Å². The number of rotatable bonds is 0. The van der Waals surface area contributed by atoms with E-state index in [1.165, 1.54) is 89.9 Å². The lowest BCUT2D eigenvalue weighted by Crippen LogP contribution is -2.67. The third-order valence-electron chi connectivity index (χ3n) is 23.5. The first-order valence-electron chi connectivity index (χ1n) is 23.2. The first kappa shape index (κ1) is 36.8. The van der Waals surface area contributed by atoms with Crippen molar-refractivity contribution in [1.29, 1.82) is 0 Å².